The molecule has 2 aliphatic rings. The lowest BCUT2D eigenvalue weighted by Crippen LogP contribution is -2.28. The van der Waals surface area contributed by atoms with Gasteiger partial charge in [0.05, 0.1) is 0 Å². The Bertz CT molecular complexity index is 1050. The van der Waals surface area contributed by atoms with E-state index in [9.17, 15) is 4.79 Å². The first-order valence-electron chi connectivity index (χ1n) is 11.8. The average Bonchev–Trinajstić information content (AvgIpc) is 3.39. The van der Waals surface area contributed by atoms with E-state index < -0.39 is 0 Å². The predicted molar refractivity (Wildman–Crippen MR) is 131 cm³/mol. The summed E-state index contributed by atoms with van der Waals surface area (Å²) in [6.07, 6.45) is 4.91. The van der Waals surface area contributed by atoms with Crippen LogP contribution in [-0.2, 0) is 19.5 Å². The van der Waals surface area contributed by atoms with Crippen molar-refractivity contribution >= 4 is 17.3 Å². The number of hydrogen-bond acceptors (Lipinski definition) is 3. The van der Waals surface area contributed by atoms with Crippen LogP contribution in [0, 0.1) is 0 Å². The normalized spacial score (nSPS) is 15.5. The minimum absolute atomic E-state index is 0.0245. The number of fused-ring (bicyclic) bond motifs is 1. The second-order valence-corrected chi connectivity index (χ2v) is 8.89. The molecule has 0 atom stereocenters. The summed E-state index contributed by atoms with van der Waals surface area (Å²) in [7, 11) is 0. The van der Waals surface area contributed by atoms with Crippen molar-refractivity contribution in [3.63, 3.8) is 0 Å². The molecule has 1 fully saturated rings. The lowest BCUT2D eigenvalue weighted by molar-refractivity contribution is 0.0951. The minimum atomic E-state index is -0.0245. The maximum atomic E-state index is 12.6. The molecule has 0 aliphatic carbocycles. The first-order valence-corrected chi connectivity index (χ1v) is 11.8. The van der Waals surface area contributed by atoms with E-state index in [4.69, 9.17) is 0 Å². The molecule has 3 aromatic carbocycles. The second-order valence-electron chi connectivity index (χ2n) is 8.89. The Balaban J connectivity index is 1.16. The zero-order chi connectivity index (χ0) is 21.8. The molecule has 0 unspecified atom stereocenters. The molecule has 0 radical (unpaired) electrons. The second kappa shape index (κ2) is 9.47. The van der Waals surface area contributed by atoms with Crippen LogP contribution in [0.15, 0.2) is 72.8 Å². The summed E-state index contributed by atoms with van der Waals surface area (Å²) >= 11 is 0. The SMILES string of the molecule is O=C(NCc1ccc(N2CCCC2)cc1)c1ccc(CN2CCCc3ccccc32)cc1. The van der Waals surface area contributed by atoms with Gasteiger partial charge >= 0.3 is 0 Å². The van der Waals surface area contributed by atoms with E-state index in [1.807, 2.05) is 12.1 Å². The lowest BCUT2D eigenvalue weighted by Gasteiger charge is -2.31. The predicted octanol–water partition coefficient (Wildman–Crippen LogP) is 5.17. The Labute approximate surface area is 190 Å². The molecule has 1 N–H and O–H groups in total. The number of nitrogens with zero attached hydrogens (tertiary/aromatic N) is 2. The highest BCUT2D eigenvalue weighted by Crippen LogP contribution is 2.28. The number of hydrogen-bond donors (Lipinski definition) is 1. The number of carbonyl (C=O) groups is 1. The Morgan fingerprint density at radius 2 is 1.50 bits per heavy atom. The minimum Gasteiger partial charge on any atom is -0.372 e. The van der Waals surface area contributed by atoms with Crippen molar-refractivity contribution in [2.45, 2.75) is 38.8 Å². The van der Waals surface area contributed by atoms with Gasteiger partial charge in [-0.1, -0.05) is 42.5 Å². The van der Waals surface area contributed by atoms with Gasteiger partial charge in [-0.25, -0.2) is 0 Å². The van der Waals surface area contributed by atoms with Crippen LogP contribution < -0.4 is 15.1 Å². The fraction of sp³-hybridized carbons (Fsp3) is 0.321. The molecule has 0 spiro atoms. The molecule has 2 heterocycles. The van der Waals surface area contributed by atoms with Crippen molar-refractivity contribution in [2.75, 3.05) is 29.4 Å². The number of para-hydroxylation sites is 1. The topological polar surface area (TPSA) is 35.6 Å². The third-order valence-electron chi connectivity index (χ3n) is 6.66. The summed E-state index contributed by atoms with van der Waals surface area (Å²) in [5.74, 6) is -0.0245. The van der Waals surface area contributed by atoms with Gasteiger partial charge in [0, 0.05) is 49.7 Å². The van der Waals surface area contributed by atoms with Gasteiger partial charge in [-0.2, -0.15) is 0 Å². The van der Waals surface area contributed by atoms with Gasteiger partial charge in [-0.3, -0.25) is 4.79 Å². The molecule has 32 heavy (non-hydrogen) atoms. The Hall–Kier alpha value is -3.27. The highest BCUT2D eigenvalue weighted by Gasteiger charge is 2.16. The van der Waals surface area contributed by atoms with Crippen LogP contribution in [0.1, 0.15) is 46.3 Å². The quantitative estimate of drug-likeness (QED) is 0.592. The highest BCUT2D eigenvalue weighted by atomic mass is 16.1. The Morgan fingerprint density at radius 3 is 2.28 bits per heavy atom. The number of rotatable bonds is 6. The van der Waals surface area contributed by atoms with Gasteiger partial charge < -0.3 is 15.1 Å². The summed E-state index contributed by atoms with van der Waals surface area (Å²) in [6, 6.07) is 25.3. The number of aryl methyl sites for hydroxylation is 1. The zero-order valence-electron chi connectivity index (χ0n) is 18.6. The zero-order valence-corrected chi connectivity index (χ0v) is 18.6. The smallest absolute Gasteiger partial charge is 0.251 e. The van der Waals surface area contributed by atoms with Crippen LogP contribution in [0.3, 0.4) is 0 Å². The van der Waals surface area contributed by atoms with Crippen LogP contribution in [0.2, 0.25) is 0 Å². The van der Waals surface area contributed by atoms with Crippen molar-refractivity contribution in [1.29, 1.82) is 0 Å². The van der Waals surface area contributed by atoms with Crippen LogP contribution in [0.4, 0.5) is 11.4 Å². The van der Waals surface area contributed by atoms with E-state index in [0.29, 0.717) is 12.1 Å². The maximum Gasteiger partial charge on any atom is 0.251 e. The van der Waals surface area contributed by atoms with Gasteiger partial charge in [0.15, 0.2) is 0 Å². The van der Waals surface area contributed by atoms with Gasteiger partial charge in [0.2, 0.25) is 0 Å². The summed E-state index contributed by atoms with van der Waals surface area (Å²) < 4.78 is 0. The number of benzene rings is 3. The Kier molecular flexibility index (Phi) is 6.11. The molecule has 164 valence electrons. The summed E-state index contributed by atoms with van der Waals surface area (Å²) in [5, 5.41) is 3.06. The Morgan fingerprint density at radius 1 is 0.781 bits per heavy atom. The number of nitrogens with one attached hydrogen (secondary N) is 1. The number of carbonyl (C=O) groups excluding carboxylic acids is 1. The van der Waals surface area contributed by atoms with E-state index in [-0.39, 0.29) is 5.91 Å². The summed E-state index contributed by atoms with van der Waals surface area (Å²) in [6.45, 7) is 4.80. The van der Waals surface area contributed by atoms with Crippen molar-refractivity contribution in [3.05, 3.63) is 95.1 Å². The van der Waals surface area contributed by atoms with Crippen LogP contribution in [0.5, 0.6) is 0 Å². The largest absolute Gasteiger partial charge is 0.372 e. The molecule has 0 saturated carbocycles. The van der Waals surface area contributed by atoms with E-state index in [0.717, 1.165) is 38.2 Å². The first kappa shape index (κ1) is 20.6. The van der Waals surface area contributed by atoms with Crippen molar-refractivity contribution in [3.8, 4) is 0 Å². The van der Waals surface area contributed by atoms with Gasteiger partial charge in [0.1, 0.15) is 0 Å². The van der Waals surface area contributed by atoms with E-state index >= 15 is 0 Å². The lowest BCUT2D eigenvalue weighted by atomic mass is 10.0. The van der Waals surface area contributed by atoms with Crippen molar-refractivity contribution in [2.24, 2.45) is 0 Å². The third-order valence-corrected chi connectivity index (χ3v) is 6.66. The highest BCUT2D eigenvalue weighted by molar-refractivity contribution is 5.94. The first-order chi connectivity index (χ1) is 15.8. The molecule has 3 aromatic rings. The average molecular weight is 426 g/mol. The number of amides is 1. The third kappa shape index (κ3) is 4.64. The van der Waals surface area contributed by atoms with Crippen molar-refractivity contribution < 1.29 is 4.79 Å². The number of anilines is 2. The fourth-order valence-corrected chi connectivity index (χ4v) is 4.84. The van der Waals surface area contributed by atoms with Gasteiger partial charge in [-0.05, 0) is 72.7 Å². The maximum absolute atomic E-state index is 12.6. The van der Waals surface area contributed by atoms with Crippen LogP contribution in [-0.4, -0.2) is 25.5 Å². The molecule has 0 aromatic heterocycles. The molecule has 2 aliphatic heterocycles. The molecule has 4 heteroatoms. The molecule has 4 nitrogen and oxygen atoms in total. The summed E-state index contributed by atoms with van der Waals surface area (Å²) in [5.41, 5.74) is 7.13. The van der Waals surface area contributed by atoms with E-state index in [2.05, 4.69) is 75.8 Å². The standard InChI is InChI=1S/C28H31N3O/c32-28(29-20-22-11-15-26(16-12-22)30-17-3-4-18-30)25-13-9-23(10-14-25)21-31-19-5-7-24-6-1-2-8-27(24)31/h1-2,6,8-16H,3-5,7,17-21H2,(H,29,32). The van der Waals surface area contributed by atoms with Crippen molar-refractivity contribution in [1.82, 2.24) is 5.32 Å². The van der Waals surface area contributed by atoms with E-state index in [1.54, 1.807) is 0 Å². The molecule has 0 bridgehead atoms. The molecular formula is C28H31N3O. The molecule has 1 saturated heterocycles. The summed E-state index contributed by atoms with van der Waals surface area (Å²) in [4.78, 5) is 17.5. The fourth-order valence-electron chi connectivity index (χ4n) is 4.84. The molecular weight excluding hydrogens is 394 g/mol. The van der Waals surface area contributed by atoms with E-state index in [1.165, 1.54) is 41.8 Å². The monoisotopic (exact) mass is 425 g/mol. The van der Waals surface area contributed by atoms with Crippen LogP contribution in [0.25, 0.3) is 0 Å². The van der Waals surface area contributed by atoms with Gasteiger partial charge in [0.25, 0.3) is 5.91 Å². The van der Waals surface area contributed by atoms with Crippen LogP contribution >= 0.6 is 0 Å². The van der Waals surface area contributed by atoms with Gasteiger partial charge in [-0.15, -0.1) is 0 Å². The molecule has 1 amide bonds. The molecule has 5 rings (SSSR count).